The zero-order chi connectivity index (χ0) is 21.4. The molecule has 7 heteroatoms. The van der Waals surface area contributed by atoms with Gasteiger partial charge in [-0.1, -0.05) is 49.2 Å². The van der Waals surface area contributed by atoms with Crippen LogP contribution in [0.25, 0.3) is 0 Å². The number of imide groups is 1. The lowest BCUT2D eigenvalue weighted by Gasteiger charge is -2.22. The van der Waals surface area contributed by atoms with Gasteiger partial charge in [-0.25, -0.2) is 4.79 Å². The van der Waals surface area contributed by atoms with Crippen molar-refractivity contribution in [2.75, 3.05) is 23.3 Å². The molecule has 0 bridgehead atoms. The van der Waals surface area contributed by atoms with Crippen molar-refractivity contribution in [1.82, 2.24) is 10.2 Å². The molecule has 0 radical (unpaired) electrons. The Morgan fingerprint density at radius 2 is 1.77 bits per heavy atom. The maximum atomic E-state index is 12.8. The van der Waals surface area contributed by atoms with Crippen LogP contribution in [0.4, 0.5) is 16.2 Å². The van der Waals surface area contributed by atoms with Gasteiger partial charge in [0.15, 0.2) is 0 Å². The summed E-state index contributed by atoms with van der Waals surface area (Å²) in [5, 5.41) is 5.73. The number of para-hydroxylation sites is 2. The molecule has 0 unspecified atom stereocenters. The second-order valence-electron chi connectivity index (χ2n) is 8.62. The molecule has 0 aromatic heterocycles. The number of urea groups is 1. The lowest BCUT2D eigenvalue weighted by atomic mass is 9.98. The summed E-state index contributed by atoms with van der Waals surface area (Å²) in [5.74, 6) is -0.639. The predicted octanol–water partition coefficient (Wildman–Crippen LogP) is 3.05. The van der Waals surface area contributed by atoms with E-state index in [0.717, 1.165) is 36.3 Å². The number of anilines is 2. The molecule has 1 spiro atoms. The first-order chi connectivity index (χ1) is 15.1. The summed E-state index contributed by atoms with van der Waals surface area (Å²) in [6.45, 7) is 1.35. The number of amides is 4. The van der Waals surface area contributed by atoms with Crippen molar-refractivity contribution in [2.45, 2.75) is 44.2 Å². The van der Waals surface area contributed by atoms with Crippen LogP contribution in [-0.4, -0.2) is 41.4 Å². The van der Waals surface area contributed by atoms with Crippen molar-refractivity contribution >= 4 is 29.2 Å². The Balaban J connectivity index is 1.27. The summed E-state index contributed by atoms with van der Waals surface area (Å²) in [4.78, 5) is 41.3. The number of hydrogen-bond acceptors (Lipinski definition) is 4. The summed E-state index contributed by atoms with van der Waals surface area (Å²) in [7, 11) is 0. The maximum Gasteiger partial charge on any atom is 0.325 e. The van der Waals surface area contributed by atoms with Crippen LogP contribution in [0.3, 0.4) is 0 Å². The van der Waals surface area contributed by atoms with Crippen LogP contribution >= 0.6 is 0 Å². The Kier molecular flexibility index (Phi) is 4.88. The number of nitrogens with one attached hydrogen (secondary N) is 2. The average molecular weight is 418 g/mol. The molecule has 2 N–H and O–H groups in total. The molecule has 2 aliphatic heterocycles. The molecule has 3 aliphatic rings. The van der Waals surface area contributed by atoms with Gasteiger partial charge in [-0.15, -0.1) is 0 Å². The van der Waals surface area contributed by atoms with E-state index >= 15 is 0 Å². The molecule has 2 aromatic rings. The summed E-state index contributed by atoms with van der Waals surface area (Å²) in [5.41, 5.74) is 3.48. The van der Waals surface area contributed by atoms with Crippen LogP contribution in [0.5, 0.6) is 0 Å². The maximum absolute atomic E-state index is 12.8. The topological polar surface area (TPSA) is 81.8 Å². The van der Waals surface area contributed by atoms with Crippen molar-refractivity contribution in [3.8, 4) is 0 Å². The van der Waals surface area contributed by atoms with Crippen molar-refractivity contribution < 1.29 is 14.4 Å². The smallest absolute Gasteiger partial charge is 0.325 e. The van der Waals surface area contributed by atoms with Gasteiger partial charge in [-0.3, -0.25) is 14.5 Å². The first-order valence-electron chi connectivity index (χ1n) is 10.9. The van der Waals surface area contributed by atoms with Gasteiger partial charge < -0.3 is 15.5 Å². The lowest BCUT2D eigenvalue weighted by Crippen LogP contribution is -2.44. The quantitative estimate of drug-likeness (QED) is 0.732. The number of rotatable bonds is 5. The van der Waals surface area contributed by atoms with Gasteiger partial charge in [-0.2, -0.15) is 0 Å². The summed E-state index contributed by atoms with van der Waals surface area (Å²) in [6.07, 6.45) is 4.14. The highest BCUT2D eigenvalue weighted by Crippen LogP contribution is 2.35. The fraction of sp³-hybridized carbons (Fsp3) is 0.375. The molecule has 1 saturated carbocycles. The highest BCUT2D eigenvalue weighted by Gasteiger charge is 2.52. The fourth-order valence-corrected chi connectivity index (χ4v) is 5.03. The second kappa shape index (κ2) is 7.72. The minimum Gasteiger partial charge on any atom is -0.367 e. The average Bonchev–Trinajstić information content (AvgIpc) is 3.46. The van der Waals surface area contributed by atoms with Crippen molar-refractivity contribution in [2.24, 2.45) is 0 Å². The first-order valence-corrected chi connectivity index (χ1v) is 10.9. The minimum atomic E-state index is -0.793. The van der Waals surface area contributed by atoms with Crippen molar-refractivity contribution in [1.29, 1.82) is 0 Å². The third-order valence-corrected chi connectivity index (χ3v) is 6.64. The molecule has 5 rings (SSSR count). The molecule has 160 valence electrons. The Hall–Kier alpha value is -3.35. The van der Waals surface area contributed by atoms with Crippen molar-refractivity contribution in [3.05, 3.63) is 59.7 Å². The standard InChI is InChI=1S/C24H26N4O3/c29-21(16-28-22(30)24(26-23(28)31)12-5-6-13-24)25-19-9-3-1-8-18(19)15-27-14-11-17-7-2-4-10-20(17)27/h1-4,7-10H,5-6,11-16H2,(H,25,29)(H,26,31). The summed E-state index contributed by atoms with van der Waals surface area (Å²) < 4.78 is 0. The summed E-state index contributed by atoms with van der Waals surface area (Å²) in [6, 6.07) is 15.6. The highest BCUT2D eigenvalue weighted by atomic mass is 16.2. The molecule has 1 aliphatic carbocycles. The predicted molar refractivity (Wildman–Crippen MR) is 118 cm³/mol. The zero-order valence-electron chi connectivity index (χ0n) is 17.4. The normalized spacial score (nSPS) is 19.1. The van der Waals surface area contributed by atoms with Crippen LogP contribution in [0.2, 0.25) is 0 Å². The van der Waals surface area contributed by atoms with Gasteiger partial charge in [0.1, 0.15) is 12.1 Å². The third kappa shape index (κ3) is 3.54. The monoisotopic (exact) mass is 418 g/mol. The van der Waals surface area contributed by atoms with Gasteiger partial charge in [0.2, 0.25) is 5.91 Å². The van der Waals surface area contributed by atoms with Gasteiger partial charge in [-0.05, 0) is 42.5 Å². The SMILES string of the molecule is O=C(CN1C(=O)NC2(CCCC2)C1=O)Nc1ccccc1CN1CCc2ccccc21. The van der Waals surface area contributed by atoms with E-state index in [2.05, 4.69) is 33.7 Å². The van der Waals surface area contributed by atoms with Gasteiger partial charge in [0.05, 0.1) is 0 Å². The van der Waals surface area contributed by atoms with E-state index in [4.69, 9.17) is 0 Å². The molecule has 2 aromatic carbocycles. The van der Waals surface area contributed by atoms with E-state index in [1.165, 1.54) is 11.3 Å². The molecular weight excluding hydrogens is 392 g/mol. The molecule has 2 fully saturated rings. The van der Waals surface area contributed by atoms with E-state index in [1.807, 2.05) is 30.3 Å². The highest BCUT2D eigenvalue weighted by molar-refractivity contribution is 6.10. The third-order valence-electron chi connectivity index (χ3n) is 6.64. The molecule has 1 saturated heterocycles. The first kappa shape index (κ1) is 19.6. The van der Waals surface area contributed by atoms with Crippen LogP contribution in [-0.2, 0) is 22.6 Å². The summed E-state index contributed by atoms with van der Waals surface area (Å²) >= 11 is 0. The number of carbonyl (C=O) groups excluding carboxylic acids is 3. The Labute approximate surface area is 181 Å². The van der Waals surface area contributed by atoms with E-state index in [9.17, 15) is 14.4 Å². The lowest BCUT2D eigenvalue weighted by molar-refractivity contribution is -0.133. The molecule has 31 heavy (non-hydrogen) atoms. The van der Waals surface area contributed by atoms with Crippen LogP contribution in [0.15, 0.2) is 48.5 Å². The second-order valence-corrected chi connectivity index (χ2v) is 8.62. The Morgan fingerprint density at radius 1 is 1.03 bits per heavy atom. The molecule has 2 heterocycles. The number of nitrogens with zero attached hydrogens (tertiary/aromatic N) is 2. The Morgan fingerprint density at radius 3 is 2.61 bits per heavy atom. The van der Waals surface area contributed by atoms with Gasteiger partial charge in [0.25, 0.3) is 5.91 Å². The molecule has 4 amide bonds. The Bertz CT molecular complexity index is 1040. The van der Waals surface area contributed by atoms with Crippen LogP contribution in [0, 0.1) is 0 Å². The minimum absolute atomic E-state index is 0.271. The molecule has 0 atom stereocenters. The number of benzene rings is 2. The number of fused-ring (bicyclic) bond motifs is 1. The van der Waals surface area contributed by atoms with Crippen LogP contribution < -0.4 is 15.5 Å². The molecule has 7 nitrogen and oxygen atoms in total. The zero-order valence-corrected chi connectivity index (χ0v) is 17.4. The number of hydrogen-bond donors (Lipinski definition) is 2. The van der Waals surface area contributed by atoms with E-state index < -0.39 is 11.6 Å². The van der Waals surface area contributed by atoms with Gasteiger partial charge >= 0.3 is 6.03 Å². The fourth-order valence-electron chi connectivity index (χ4n) is 5.03. The van der Waals surface area contributed by atoms with E-state index in [1.54, 1.807) is 0 Å². The van der Waals surface area contributed by atoms with Crippen LogP contribution in [0.1, 0.15) is 36.8 Å². The number of carbonyl (C=O) groups is 3. The van der Waals surface area contributed by atoms with E-state index in [0.29, 0.717) is 25.1 Å². The van der Waals surface area contributed by atoms with Crippen molar-refractivity contribution in [3.63, 3.8) is 0 Å². The largest absolute Gasteiger partial charge is 0.367 e. The van der Waals surface area contributed by atoms with Gasteiger partial charge in [0, 0.05) is 24.5 Å². The molecular formula is C24H26N4O3. The van der Waals surface area contributed by atoms with E-state index in [-0.39, 0.29) is 18.4 Å².